The summed E-state index contributed by atoms with van der Waals surface area (Å²) in [5, 5.41) is 3.59. The standard InChI is InChI=1S/C15H23NOS/c1-2-18(17)12-11-16-15-10-6-4-8-13-7-3-5-9-14(13)15/h3,5,7,9,15-16H,2,4,6,8,10-12H2,1H3. The molecule has 1 N–H and O–H groups in total. The molecule has 0 heterocycles. The van der Waals surface area contributed by atoms with Crippen molar-refractivity contribution in [3.8, 4) is 0 Å². The molecule has 0 spiro atoms. The molecule has 2 atom stereocenters. The second-order valence-corrected chi connectivity index (χ2v) is 6.75. The van der Waals surface area contributed by atoms with Gasteiger partial charge in [-0.2, -0.15) is 0 Å². The van der Waals surface area contributed by atoms with Gasteiger partial charge in [-0.15, -0.1) is 0 Å². The van der Waals surface area contributed by atoms with Crippen LogP contribution in [0.25, 0.3) is 0 Å². The molecule has 3 heteroatoms. The molecule has 0 fully saturated rings. The Morgan fingerprint density at radius 3 is 3.00 bits per heavy atom. The van der Waals surface area contributed by atoms with Gasteiger partial charge in [0.2, 0.25) is 0 Å². The van der Waals surface area contributed by atoms with Crippen molar-refractivity contribution in [2.75, 3.05) is 18.1 Å². The smallest absolute Gasteiger partial charge is 0.0360 e. The van der Waals surface area contributed by atoms with Crippen molar-refractivity contribution < 1.29 is 4.21 Å². The first-order valence-electron chi connectivity index (χ1n) is 6.97. The third-order valence-corrected chi connectivity index (χ3v) is 4.97. The van der Waals surface area contributed by atoms with Crippen molar-refractivity contribution in [1.82, 2.24) is 5.32 Å². The SMILES string of the molecule is CCS(=O)CCNC1CCCCc2ccccc21. The highest BCUT2D eigenvalue weighted by Crippen LogP contribution is 2.28. The maximum Gasteiger partial charge on any atom is 0.0360 e. The monoisotopic (exact) mass is 265 g/mol. The van der Waals surface area contributed by atoms with E-state index < -0.39 is 10.8 Å². The summed E-state index contributed by atoms with van der Waals surface area (Å²) in [5.74, 6) is 1.54. The Kier molecular flexibility index (Phi) is 5.39. The van der Waals surface area contributed by atoms with E-state index in [4.69, 9.17) is 0 Å². The van der Waals surface area contributed by atoms with Crippen LogP contribution < -0.4 is 5.32 Å². The Morgan fingerprint density at radius 1 is 1.33 bits per heavy atom. The van der Waals surface area contributed by atoms with Crippen LogP contribution in [0, 0.1) is 0 Å². The summed E-state index contributed by atoms with van der Waals surface area (Å²) in [6, 6.07) is 9.21. The van der Waals surface area contributed by atoms with Gasteiger partial charge in [-0.1, -0.05) is 37.6 Å². The van der Waals surface area contributed by atoms with Crippen LogP contribution in [0.4, 0.5) is 0 Å². The van der Waals surface area contributed by atoms with Crippen molar-refractivity contribution in [1.29, 1.82) is 0 Å². The lowest BCUT2D eigenvalue weighted by atomic mass is 9.99. The summed E-state index contributed by atoms with van der Waals surface area (Å²) in [4.78, 5) is 0. The number of nitrogens with one attached hydrogen (secondary N) is 1. The molecular weight excluding hydrogens is 242 g/mol. The zero-order valence-corrected chi connectivity index (χ0v) is 12.0. The minimum absolute atomic E-state index is 0.456. The van der Waals surface area contributed by atoms with E-state index in [0.717, 1.165) is 18.1 Å². The van der Waals surface area contributed by atoms with E-state index in [1.54, 1.807) is 0 Å². The summed E-state index contributed by atoms with van der Waals surface area (Å²) in [7, 11) is -0.656. The van der Waals surface area contributed by atoms with Crippen LogP contribution >= 0.6 is 0 Å². The van der Waals surface area contributed by atoms with Crippen molar-refractivity contribution in [2.24, 2.45) is 0 Å². The molecule has 2 rings (SSSR count). The number of fused-ring (bicyclic) bond motifs is 1. The lowest BCUT2D eigenvalue weighted by Gasteiger charge is -2.19. The van der Waals surface area contributed by atoms with E-state index >= 15 is 0 Å². The summed E-state index contributed by atoms with van der Waals surface area (Å²) in [6.45, 7) is 2.84. The molecule has 100 valence electrons. The third kappa shape index (κ3) is 3.66. The van der Waals surface area contributed by atoms with Gasteiger partial charge in [0.15, 0.2) is 0 Å². The highest BCUT2D eigenvalue weighted by Gasteiger charge is 2.17. The Morgan fingerprint density at radius 2 is 2.17 bits per heavy atom. The van der Waals surface area contributed by atoms with Crippen LogP contribution in [-0.2, 0) is 17.2 Å². The molecule has 0 saturated carbocycles. The molecule has 1 aromatic carbocycles. The van der Waals surface area contributed by atoms with Gasteiger partial charge < -0.3 is 5.32 Å². The van der Waals surface area contributed by atoms with E-state index in [1.165, 1.54) is 36.8 Å². The maximum atomic E-state index is 11.4. The Bertz CT molecular complexity index is 405. The molecule has 0 radical (unpaired) electrons. The zero-order valence-electron chi connectivity index (χ0n) is 11.2. The Balaban J connectivity index is 1.97. The van der Waals surface area contributed by atoms with E-state index in [2.05, 4.69) is 29.6 Å². The van der Waals surface area contributed by atoms with Gasteiger partial charge >= 0.3 is 0 Å². The molecule has 2 unspecified atom stereocenters. The highest BCUT2D eigenvalue weighted by atomic mass is 32.2. The first kappa shape index (κ1) is 13.8. The lowest BCUT2D eigenvalue weighted by Crippen LogP contribution is -2.26. The fourth-order valence-electron chi connectivity index (χ4n) is 2.62. The predicted octanol–water partition coefficient (Wildman–Crippen LogP) is 2.81. The fraction of sp³-hybridized carbons (Fsp3) is 0.600. The number of benzene rings is 1. The second-order valence-electron chi connectivity index (χ2n) is 4.88. The molecule has 18 heavy (non-hydrogen) atoms. The minimum atomic E-state index is -0.656. The van der Waals surface area contributed by atoms with E-state index in [-0.39, 0.29) is 0 Å². The zero-order chi connectivity index (χ0) is 12.8. The number of hydrogen-bond donors (Lipinski definition) is 1. The van der Waals surface area contributed by atoms with E-state index in [1.807, 2.05) is 6.92 Å². The Labute approximate surface area is 113 Å². The molecular formula is C15H23NOS. The molecule has 0 saturated heterocycles. The van der Waals surface area contributed by atoms with E-state index in [9.17, 15) is 4.21 Å². The average molecular weight is 265 g/mol. The normalized spacial score (nSPS) is 21.1. The topological polar surface area (TPSA) is 29.1 Å². The maximum absolute atomic E-state index is 11.4. The van der Waals surface area contributed by atoms with Crippen molar-refractivity contribution >= 4 is 10.8 Å². The molecule has 0 aromatic heterocycles. The van der Waals surface area contributed by atoms with Crippen LogP contribution in [0.15, 0.2) is 24.3 Å². The van der Waals surface area contributed by atoms with Gasteiger partial charge in [0.25, 0.3) is 0 Å². The van der Waals surface area contributed by atoms with Crippen LogP contribution in [0.5, 0.6) is 0 Å². The van der Waals surface area contributed by atoms with Crippen molar-refractivity contribution in [3.63, 3.8) is 0 Å². The van der Waals surface area contributed by atoms with Crippen molar-refractivity contribution in [2.45, 2.75) is 38.6 Å². The summed E-state index contributed by atoms with van der Waals surface area (Å²) in [5.41, 5.74) is 2.95. The summed E-state index contributed by atoms with van der Waals surface area (Å²) >= 11 is 0. The highest BCUT2D eigenvalue weighted by molar-refractivity contribution is 7.84. The minimum Gasteiger partial charge on any atom is -0.309 e. The number of rotatable bonds is 5. The lowest BCUT2D eigenvalue weighted by molar-refractivity contribution is 0.504. The largest absolute Gasteiger partial charge is 0.309 e. The number of aryl methyl sites for hydroxylation is 1. The second kappa shape index (κ2) is 7.05. The summed E-state index contributed by atoms with van der Waals surface area (Å²) in [6.07, 6.45) is 4.98. The van der Waals surface area contributed by atoms with Gasteiger partial charge in [-0.25, -0.2) is 0 Å². The van der Waals surface area contributed by atoms with Gasteiger partial charge in [0.1, 0.15) is 0 Å². The quantitative estimate of drug-likeness (QED) is 0.830. The number of hydrogen-bond acceptors (Lipinski definition) is 2. The molecule has 1 aromatic rings. The van der Waals surface area contributed by atoms with Crippen LogP contribution in [0.3, 0.4) is 0 Å². The van der Waals surface area contributed by atoms with Crippen LogP contribution in [0.2, 0.25) is 0 Å². The van der Waals surface area contributed by atoms with Crippen LogP contribution in [0.1, 0.15) is 43.4 Å². The molecule has 1 aliphatic carbocycles. The molecule has 0 amide bonds. The molecule has 0 bridgehead atoms. The van der Waals surface area contributed by atoms with Gasteiger partial charge in [-0.05, 0) is 30.4 Å². The first-order valence-corrected chi connectivity index (χ1v) is 8.46. The fourth-order valence-corrected chi connectivity index (χ4v) is 3.26. The van der Waals surface area contributed by atoms with Gasteiger partial charge in [0.05, 0.1) is 0 Å². The van der Waals surface area contributed by atoms with Gasteiger partial charge in [-0.3, -0.25) is 4.21 Å². The summed E-state index contributed by atoms with van der Waals surface area (Å²) < 4.78 is 11.4. The van der Waals surface area contributed by atoms with E-state index in [0.29, 0.717) is 6.04 Å². The molecule has 0 aliphatic heterocycles. The van der Waals surface area contributed by atoms with Gasteiger partial charge in [0, 0.05) is 34.9 Å². The Hall–Kier alpha value is -0.670. The predicted molar refractivity (Wildman–Crippen MR) is 78.3 cm³/mol. The van der Waals surface area contributed by atoms with Crippen molar-refractivity contribution in [3.05, 3.63) is 35.4 Å². The first-order chi connectivity index (χ1) is 8.81. The third-order valence-electron chi connectivity index (χ3n) is 3.66. The molecule has 1 aliphatic rings. The molecule has 2 nitrogen and oxygen atoms in total. The van der Waals surface area contributed by atoms with Crippen LogP contribution in [-0.4, -0.2) is 22.3 Å². The average Bonchev–Trinajstić information content (AvgIpc) is 2.61.